The summed E-state index contributed by atoms with van der Waals surface area (Å²) in [6.45, 7) is -2.86. The van der Waals surface area contributed by atoms with E-state index >= 15 is 0 Å². The number of imide groups is 1. The van der Waals surface area contributed by atoms with E-state index in [9.17, 15) is 23.2 Å². The quantitative estimate of drug-likeness (QED) is 0.522. The van der Waals surface area contributed by atoms with Crippen LogP contribution >= 0.6 is 11.8 Å². The van der Waals surface area contributed by atoms with E-state index in [1.807, 2.05) is 0 Å². The number of nitrogens with zero attached hydrogens (tertiary/aromatic N) is 3. The largest absolute Gasteiger partial charge is 0.435 e. The van der Waals surface area contributed by atoms with E-state index in [0.29, 0.717) is 22.2 Å². The fourth-order valence-electron chi connectivity index (χ4n) is 2.95. The molecule has 1 aliphatic heterocycles. The van der Waals surface area contributed by atoms with Gasteiger partial charge in [-0.3, -0.25) is 19.3 Å². The number of thioether (sulfide) groups is 1. The number of hydrogen-bond acceptors (Lipinski definition) is 7. The molecule has 4 rings (SSSR count). The number of aromatic nitrogens is 3. The van der Waals surface area contributed by atoms with Crippen molar-refractivity contribution in [3.05, 3.63) is 58.5 Å². The zero-order chi connectivity index (χ0) is 22.7. The summed E-state index contributed by atoms with van der Waals surface area (Å²) in [5.74, 6) is -0.876. The second-order valence-electron chi connectivity index (χ2n) is 6.56. The molecule has 3 amide bonds. The molecule has 2 heterocycles. The van der Waals surface area contributed by atoms with Gasteiger partial charge in [-0.15, -0.1) is 0 Å². The Labute approximate surface area is 183 Å². The Balaban J connectivity index is 1.34. The van der Waals surface area contributed by atoms with Crippen LogP contribution in [-0.2, 0) is 4.79 Å². The third-order valence-corrected chi connectivity index (χ3v) is 5.38. The zero-order valence-corrected chi connectivity index (χ0v) is 17.1. The summed E-state index contributed by atoms with van der Waals surface area (Å²) in [5, 5.41) is 12.5. The van der Waals surface area contributed by atoms with E-state index in [4.69, 9.17) is 0 Å². The van der Waals surface area contributed by atoms with Gasteiger partial charge in [0, 0.05) is 18.7 Å². The number of benzene rings is 2. The molecule has 164 valence electrons. The Morgan fingerprint density at radius 3 is 2.66 bits per heavy atom. The van der Waals surface area contributed by atoms with Crippen LogP contribution in [0, 0.1) is 0 Å². The molecule has 12 heteroatoms. The normalized spacial score (nSPS) is 15.2. The number of rotatable bonds is 7. The maximum absolute atomic E-state index is 12.6. The number of hydrogen-bond donors (Lipinski definition) is 2. The highest BCUT2D eigenvalue weighted by Crippen LogP contribution is 2.32. The number of alkyl halides is 2. The molecule has 2 aromatic carbocycles. The molecule has 0 atom stereocenters. The Bertz CT molecular complexity index is 1210. The fraction of sp³-hybridized carbons (Fsp3) is 0.150. The third-order valence-electron chi connectivity index (χ3n) is 4.48. The number of carbonyl (C=O) groups is 3. The van der Waals surface area contributed by atoms with E-state index < -0.39 is 17.8 Å². The third kappa shape index (κ3) is 4.75. The van der Waals surface area contributed by atoms with Gasteiger partial charge in [0.2, 0.25) is 0 Å². The highest BCUT2D eigenvalue weighted by atomic mass is 32.2. The summed E-state index contributed by atoms with van der Waals surface area (Å²) < 4.78 is 28.7. The molecule has 32 heavy (non-hydrogen) atoms. The van der Waals surface area contributed by atoms with Crippen LogP contribution in [0.25, 0.3) is 17.1 Å². The molecule has 2 N–H and O–H groups in total. The van der Waals surface area contributed by atoms with Crippen molar-refractivity contribution in [2.75, 3.05) is 13.1 Å². The van der Waals surface area contributed by atoms with Gasteiger partial charge in [-0.05, 0) is 53.7 Å². The van der Waals surface area contributed by atoms with Crippen LogP contribution in [0.2, 0.25) is 0 Å². The fourth-order valence-corrected chi connectivity index (χ4v) is 3.82. The molecule has 0 unspecified atom stereocenters. The monoisotopic (exact) mass is 459 g/mol. The molecule has 0 aliphatic carbocycles. The average Bonchev–Trinajstić information content (AvgIpc) is 3.33. The van der Waals surface area contributed by atoms with Crippen molar-refractivity contribution in [2.24, 2.45) is 0 Å². The lowest BCUT2D eigenvalue weighted by atomic mass is 10.2. The van der Waals surface area contributed by atoms with Crippen LogP contribution < -0.4 is 10.1 Å². The lowest BCUT2D eigenvalue weighted by Crippen LogP contribution is -2.37. The second-order valence-corrected chi connectivity index (χ2v) is 7.56. The molecule has 1 saturated heterocycles. The average molecular weight is 459 g/mol. The molecule has 1 aromatic heterocycles. The highest BCUT2D eigenvalue weighted by Gasteiger charge is 2.34. The molecule has 3 aromatic rings. The van der Waals surface area contributed by atoms with Gasteiger partial charge in [0.15, 0.2) is 0 Å². The van der Waals surface area contributed by atoms with Gasteiger partial charge in [-0.1, -0.05) is 12.1 Å². The molecule has 0 spiro atoms. The van der Waals surface area contributed by atoms with Gasteiger partial charge in [0.25, 0.3) is 17.1 Å². The standard InChI is InChI=1S/C20H15F2N5O4S/c21-19(22)31-13-4-1-11(2-5-13)9-16-18(29)27(20(30)32-16)8-7-23-17(28)12-3-6-14-15(10-12)25-26-24-14/h1-6,9-10,19H,7-8H2,(H,23,28)(H,24,25,26). The van der Waals surface area contributed by atoms with Crippen molar-refractivity contribution in [1.29, 1.82) is 0 Å². The number of nitrogens with one attached hydrogen (secondary N) is 2. The van der Waals surface area contributed by atoms with Crippen LogP contribution in [0.4, 0.5) is 13.6 Å². The Hall–Kier alpha value is -3.80. The van der Waals surface area contributed by atoms with E-state index in [-0.39, 0.29) is 29.7 Å². The Kier molecular flexibility index (Phi) is 6.12. The first kappa shape index (κ1) is 21.4. The first-order valence-electron chi connectivity index (χ1n) is 9.30. The molecule has 9 nitrogen and oxygen atoms in total. The topological polar surface area (TPSA) is 117 Å². The molecule has 0 bridgehead atoms. The summed E-state index contributed by atoms with van der Waals surface area (Å²) in [7, 11) is 0. The van der Waals surface area contributed by atoms with Gasteiger partial charge in [0.1, 0.15) is 16.8 Å². The maximum atomic E-state index is 12.6. The van der Waals surface area contributed by atoms with Gasteiger partial charge < -0.3 is 10.1 Å². The van der Waals surface area contributed by atoms with Crippen molar-refractivity contribution in [3.8, 4) is 5.75 Å². The molecular formula is C20H15F2N5O4S. The smallest absolute Gasteiger partial charge is 0.387 e. The summed E-state index contributed by atoms with van der Waals surface area (Å²) in [6.07, 6.45) is 1.49. The summed E-state index contributed by atoms with van der Waals surface area (Å²) in [5.41, 5.74) is 2.10. The molecular weight excluding hydrogens is 444 g/mol. The maximum Gasteiger partial charge on any atom is 0.387 e. The van der Waals surface area contributed by atoms with Gasteiger partial charge in [-0.25, -0.2) is 0 Å². The number of amides is 3. The number of fused-ring (bicyclic) bond motifs is 1. The van der Waals surface area contributed by atoms with Gasteiger partial charge in [0.05, 0.1) is 4.91 Å². The van der Waals surface area contributed by atoms with E-state index in [1.165, 1.54) is 30.3 Å². The number of halogens is 2. The number of ether oxygens (including phenoxy) is 1. The Morgan fingerprint density at radius 2 is 1.91 bits per heavy atom. The zero-order valence-electron chi connectivity index (χ0n) is 16.2. The van der Waals surface area contributed by atoms with Gasteiger partial charge in [-0.2, -0.15) is 24.2 Å². The lowest BCUT2D eigenvalue weighted by Gasteiger charge is -2.13. The molecule has 0 saturated carbocycles. The number of aromatic amines is 1. The summed E-state index contributed by atoms with van der Waals surface area (Å²) >= 11 is 0.765. The van der Waals surface area contributed by atoms with Crippen LogP contribution in [0.3, 0.4) is 0 Å². The number of H-pyrrole nitrogens is 1. The number of carbonyl (C=O) groups excluding carboxylic acids is 3. The minimum atomic E-state index is -2.93. The summed E-state index contributed by atoms with van der Waals surface area (Å²) in [4.78, 5) is 38.3. The van der Waals surface area contributed by atoms with Crippen LogP contribution in [0.1, 0.15) is 15.9 Å². The molecule has 1 fully saturated rings. The molecule has 1 aliphatic rings. The van der Waals surface area contributed by atoms with Crippen molar-refractivity contribution < 1.29 is 27.9 Å². The minimum Gasteiger partial charge on any atom is -0.435 e. The van der Waals surface area contributed by atoms with Crippen molar-refractivity contribution in [2.45, 2.75) is 6.61 Å². The van der Waals surface area contributed by atoms with Crippen LogP contribution in [0.5, 0.6) is 5.75 Å². The van der Waals surface area contributed by atoms with Gasteiger partial charge >= 0.3 is 6.61 Å². The Morgan fingerprint density at radius 1 is 1.16 bits per heavy atom. The van der Waals surface area contributed by atoms with E-state index in [0.717, 1.165) is 16.7 Å². The first-order valence-corrected chi connectivity index (χ1v) is 10.1. The molecule has 0 radical (unpaired) electrons. The van der Waals surface area contributed by atoms with Crippen molar-refractivity contribution in [1.82, 2.24) is 25.6 Å². The SMILES string of the molecule is O=C(NCCN1C(=O)SC(=Cc2ccc(OC(F)F)cc2)C1=O)c1ccc2n[nH]nc2c1. The van der Waals surface area contributed by atoms with Crippen molar-refractivity contribution in [3.63, 3.8) is 0 Å². The van der Waals surface area contributed by atoms with Crippen LogP contribution in [-0.4, -0.2) is 57.1 Å². The summed E-state index contributed by atoms with van der Waals surface area (Å²) in [6, 6.07) is 10.5. The predicted molar refractivity (Wildman–Crippen MR) is 112 cm³/mol. The second kappa shape index (κ2) is 9.14. The van der Waals surface area contributed by atoms with E-state index in [2.05, 4.69) is 25.5 Å². The van der Waals surface area contributed by atoms with Crippen LogP contribution in [0.15, 0.2) is 47.4 Å². The lowest BCUT2D eigenvalue weighted by molar-refractivity contribution is -0.122. The highest BCUT2D eigenvalue weighted by molar-refractivity contribution is 8.18. The predicted octanol–water partition coefficient (Wildman–Crippen LogP) is 3.03. The minimum absolute atomic E-state index is 0.00111. The van der Waals surface area contributed by atoms with E-state index in [1.54, 1.807) is 18.2 Å². The van der Waals surface area contributed by atoms with Crippen molar-refractivity contribution >= 4 is 45.9 Å². The first-order chi connectivity index (χ1) is 15.4.